The minimum Gasteiger partial charge on any atom is -0.429 e. The molecule has 1 radical (unpaired) electrons. The number of aryl methyl sites for hydroxylation is 2. The average Bonchev–Trinajstić information content (AvgIpc) is 3.06. The first-order chi connectivity index (χ1) is 12.1. The van der Waals surface area contributed by atoms with E-state index in [2.05, 4.69) is 84.6 Å². The topological polar surface area (TPSA) is 17.3 Å². The monoisotopic (exact) mass is 434 g/mol. The molecule has 0 atom stereocenters. The molecule has 0 fully saturated rings. The van der Waals surface area contributed by atoms with Crippen molar-refractivity contribution in [1.29, 1.82) is 0 Å². The van der Waals surface area contributed by atoms with Crippen molar-refractivity contribution in [3.8, 4) is 0 Å². The summed E-state index contributed by atoms with van der Waals surface area (Å²) in [4.78, 5) is 4.68. The van der Waals surface area contributed by atoms with Crippen molar-refractivity contribution < 1.29 is 32.7 Å². The molecule has 0 unspecified atom stereocenters. The molecule has 0 saturated carbocycles. The van der Waals surface area contributed by atoms with Crippen LogP contribution in [0.15, 0.2) is 6.58 Å². The molecular formula is C24H29N2Y-. The third-order valence-electron chi connectivity index (χ3n) is 6.66. The number of hydrogen-bond donors (Lipinski definition) is 0. The van der Waals surface area contributed by atoms with Gasteiger partial charge in [0.05, 0.1) is 0 Å². The van der Waals surface area contributed by atoms with E-state index in [4.69, 9.17) is 0 Å². The Morgan fingerprint density at radius 2 is 1.15 bits per heavy atom. The number of pyridine rings is 1. The molecule has 0 aliphatic carbocycles. The first kappa shape index (κ1) is 22.0. The van der Waals surface area contributed by atoms with Crippen molar-refractivity contribution >= 4 is 11.1 Å². The number of rotatable bonds is 2. The zero-order valence-corrected chi connectivity index (χ0v) is 21.0. The van der Waals surface area contributed by atoms with Crippen molar-refractivity contribution in [3.63, 3.8) is 0 Å². The number of nitrogens with zero attached hydrogens (tertiary/aromatic N) is 2. The number of imidazole rings is 1. The van der Waals surface area contributed by atoms with Gasteiger partial charge in [-0.05, 0) is 106 Å². The SMILES string of the molecule is C=C(c1c(C)c(C)c(C)c(C)c1C)c1n[c-]n2c(C)c(C)c(C)c(C)c12.[Y]. The predicted octanol–water partition coefficient (Wildman–Crippen LogP) is 5.97. The van der Waals surface area contributed by atoms with Crippen molar-refractivity contribution in [2.45, 2.75) is 62.3 Å². The van der Waals surface area contributed by atoms with Crippen LogP contribution in [0.4, 0.5) is 0 Å². The third kappa shape index (κ3) is 3.15. The Morgan fingerprint density at radius 3 is 1.67 bits per heavy atom. The van der Waals surface area contributed by atoms with Crippen LogP contribution >= 0.6 is 0 Å². The molecule has 1 aromatic carbocycles. The summed E-state index contributed by atoms with van der Waals surface area (Å²) in [6, 6.07) is 0. The minimum atomic E-state index is 0. The zero-order valence-electron chi connectivity index (χ0n) is 18.2. The van der Waals surface area contributed by atoms with Gasteiger partial charge in [0.1, 0.15) is 0 Å². The Bertz CT molecular complexity index is 1060. The molecule has 0 aliphatic heterocycles. The third-order valence-corrected chi connectivity index (χ3v) is 6.66. The van der Waals surface area contributed by atoms with E-state index in [9.17, 15) is 0 Å². The van der Waals surface area contributed by atoms with Crippen LogP contribution in [0.3, 0.4) is 0 Å². The Kier molecular flexibility index (Phi) is 6.24. The summed E-state index contributed by atoms with van der Waals surface area (Å²) in [5.74, 6) is 0. The second kappa shape index (κ2) is 7.64. The van der Waals surface area contributed by atoms with E-state index in [1.54, 1.807) is 0 Å². The van der Waals surface area contributed by atoms with Gasteiger partial charge < -0.3 is 9.38 Å². The van der Waals surface area contributed by atoms with Gasteiger partial charge in [-0.15, -0.1) is 0 Å². The second-order valence-corrected chi connectivity index (χ2v) is 7.68. The van der Waals surface area contributed by atoms with Gasteiger partial charge in [0.25, 0.3) is 0 Å². The molecule has 0 bridgehead atoms. The van der Waals surface area contributed by atoms with Gasteiger partial charge in [-0.1, -0.05) is 35.9 Å². The maximum atomic E-state index is 4.68. The molecule has 0 spiro atoms. The Morgan fingerprint density at radius 1 is 0.704 bits per heavy atom. The quantitative estimate of drug-likeness (QED) is 0.455. The van der Waals surface area contributed by atoms with Gasteiger partial charge in [0.15, 0.2) is 0 Å². The van der Waals surface area contributed by atoms with Gasteiger partial charge >= 0.3 is 0 Å². The zero-order chi connectivity index (χ0) is 19.5. The van der Waals surface area contributed by atoms with Crippen LogP contribution in [0.1, 0.15) is 61.5 Å². The molecule has 2 heterocycles. The van der Waals surface area contributed by atoms with Crippen molar-refractivity contribution in [2.75, 3.05) is 0 Å². The molecular weight excluding hydrogens is 405 g/mol. The summed E-state index contributed by atoms with van der Waals surface area (Å²) in [6.07, 6.45) is 3.20. The molecule has 3 heteroatoms. The maximum absolute atomic E-state index is 4.68. The van der Waals surface area contributed by atoms with E-state index in [1.165, 1.54) is 55.8 Å². The fourth-order valence-corrected chi connectivity index (χ4v) is 4.08. The first-order valence-electron chi connectivity index (χ1n) is 9.22. The van der Waals surface area contributed by atoms with E-state index in [0.717, 1.165) is 16.8 Å². The van der Waals surface area contributed by atoms with Crippen LogP contribution < -0.4 is 0 Å². The summed E-state index contributed by atoms with van der Waals surface area (Å²) in [6.45, 7) is 24.2. The average molecular weight is 434 g/mol. The first-order valence-corrected chi connectivity index (χ1v) is 9.22. The van der Waals surface area contributed by atoms with Gasteiger partial charge in [0, 0.05) is 39.0 Å². The molecule has 0 saturated heterocycles. The van der Waals surface area contributed by atoms with Crippen LogP contribution in [-0.2, 0) is 32.7 Å². The molecule has 139 valence electrons. The largest absolute Gasteiger partial charge is 0.429 e. The van der Waals surface area contributed by atoms with Gasteiger partial charge in [-0.3, -0.25) is 0 Å². The van der Waals surface area contributed by atoms with Gasteiger partial charge in [-0.2, -0.15) is 0 Å². The van der Waals surface area contributed by atoms with E-state index >= 15 is 0 Å². The fourth-order valence-electron chi connectivity index (χ4n) is 4.08. The molecule has 2 aromatic heterocycles. The van der Waals surface area contributed by atoms with Crippen molar-refractivity contribution in [1.82, 2.24) is 9.38 Å². The molecule has 0 aliphatic rings. The molecule has 0 N–H and O–H groups in total. The van der Waals surface area contributed by atoms with Gasteiger partial charge in [0.2, 0.25) is 0 Å². The number of fused-ring (bicyclic) bond motifs is 1. The Balaban J connectivity index is 0.00000261. The summed E-state index contributed by atoms with van der Waals surface area (Å²) in [5.41, 5.74) is 16.0. The van der Waals surface area contributed by atoms with Gasteiger partial charge in [-0.25, -0.2) is 0 Å². The van der Waals surface area contributed by atoms with E-state index in [0.29, 0.717) is 0 Å². The van der Waals surface area contributed by atoms with E-state index < -0.39 is 0 Å². The fraction of sp³-hybridized carbons (Fsp3) is 0.375. The normalized spacial score (nSPS) is 11.0. The van der Waals surface area contributed by atoms with Crippen LogP contribution in [0.25, 0.3) is 11.1 Å². The van der Waals surface area contributed by atoms with Crippen LogP contribution in [0.5, 0.6) is 0 Å². The standard InChI is InChI=1S/C24H29N2.Y/c1-12-13(2)17(6)22(18(7)14(12)3)20(9)23-24-19(8)15(4)16(5)21(10)26(24)11-25-23;/h9H2,1-8,10H3;/q-1;. The molecule has 27 heavy (non-hydrogen) atoms. The molecule has 3 rings (SSSR count). The summed E-state index contributed by atoms with van der Waals surface area (Å²) < 4.78 is 2.09. The number of benzene rings is 1. The summed E-state index contributed by atoms with van der Waals surface area (Å²) in [5, 5.41) is 0. The van der Waals surface area contributed by atoms with Crippen molar-refractivity contribution in [3.05, 3.63) is 74.4 Å². The van der Waals surface area contributed by atoms with Crippen molar-refractivity contribution in [2.24, 2.45) is 0 Å². The molecule has 3 aromatic rings. The summed E-state index contributed by atoms with van der Waals surface area (Å²) in [7, 11) is 0. The van der Waals surface area contributed by atoms with Crippen LogP contribution in [-0.4, -0.2) is 9.38 Å². The molecule has 0 amide bonds. The second-order valence-electron chi connectivity index (χ2n) is 7.68. The minimum absolute atomic E-state index is 0. The summed E-state index contributed by atoms with van der Waals surface area (Å²) >= 11 is 0. The number of hydrogen-bond acceptors (Lipinski definition) is 1. The van der Waals surface area contributed by atoms with E-state index in [-0.39, 0.29) is 32.7 Å². The Labute approximate surface area is 189 Å². The van der Waals surface area contributed by atoms with Crippen LogP contribution in [0.2, 0.25) is 0 Å². The predicted molar refractivity (Wildman–Crippen MR) is 111 cm³/mol. The maximum Gasteiger partial charge on any atom is 0.0416 e. The molecule has 2 nitrogen and oxygen atoms in total. The van der Waals surface area contributed by atoms with Crippen LogP contribution in [0, 0.1) is 68.6 Å². The van der Waals surface area contributed by atoms with E-state index in [1.807, 2.05) is 0 Å². The Hall–Kier alpha value is -1.25. The number of aromatic nitrogens is 2. The smallest absolute Gasteiger partial charge is 0.0416 e.